The fraction of sp³-hybridized carbons (Fsp3) is 0.133. The highest BCUT2D eigenvalue weighted by atomic mass is 32.1. The monoisotopic (exact) mass is 288 g/mol. The summed E-state index contributed by atoms with van der Waals surface area (Å²) in [4.78, 5) is 12.6. The van der Waals surface area contributed by atoms with Gasteiger partial charge in [0, 0.05) is 16.6 Å². The van der Waals surface area contributed by atoms with Crippen molar-refractivity contribution in [2.75, 3.05) is 18.9 Å². The molecule has 0 aliphatic carbocycles. The maximum Gasteiger partial charge on any atom is 0.244 e. The van der Waals surface area contributed by atoms with Crippen molar-refractivity contribution in [3.05, 3.63) is 52.7 Å². The van der Waals surface area contributed by atoms with E-state index in [2.05, 4.69) is 5.32 Å². The van der Waals surface area contributed by atoms with Gasteiger partial charge in [0.05, 0.1) is 6.54 Å². The van der Waals surface area contributed by atoms with Gasteiger partial charge in [0.15, 0.2) is 0 Å². The van der Waals surface area contributed by atoms with Crippen LogP contribution < -0.4 is 15.8 Å². The molecule has 0 aliphatic rings. The predicted octanol–water partition coefficient (Wildman–Crippen LogP) is 2.54. The van der Waals surface area contributed by atoms with Crippen LogP contribution in [-0.2, 0) is 4.79 Å². The van der Waals surface area contributed by atoms with Gasteiger partial charge < -0.3 is 15.8 Å². The second kappa shape index (κ2) is 7.35. The summed E-state index contributed by atoms with van der Waals surface area (Å²) >= 11 is 1.59. The summed E-state index contributed by atoms with van der Waals surface area (Å²) in [7, 11) is 0. The number of hydrogen-bond donors (Lipinski definition) is 2. The lowest BCUT2D eigenvalue weighted by Gasteiger charge is -2.06. The molecule has 0 bridgehead atoms. The lowest BCUT2D eigenvalue weighted by molar-refractivity contribution is -0.116. The lowest BCUT2D eigenvalue weighted by Crippen LogP contribution is -2.26. The van der Waals surface area contributed by atoms with Crippen molar-refractivity contribution in [1.29, 1.82) is 0 Å². The van der Waals surface area contributed by atoms with E-state index in [1.54, 1.807) is 41.7 Å². The van der Waals surface area contributed by atoms with Gasteiger partial charge in [-0.25, -0.2) is 0 Å². The third-order valence-electron chi connectivity index (χ3n) is 2.49. The molecule has 4 nitrogen and oxygen atoms in total. The number of benzene rings is 1. The zero-order chi connectivity index (χ0) is 14.2. The number of amides is 1. The number of thiophene rings is 1. The molecule has 0 saturated carbocycles. The molecule has 2 rings (SSSR count). The van der Waals surface area contributed by atoms with E-state index in [0.717, 1.165) is 10.6 Å². The molecular weight excluding hydrogens is 272 g/mol. The normalized spacial score (nSPS) is 10.6. The first-order valence-corrected chi connectivity index (χ1v) is 7.10. The SMILES string of the molecule is Nc1ccc(OCCNC(=O)C=Cc2cccs2)cc1. The summed E-state index contributed by atoms with van der Waals surface area (Å²) in [6.45, 7) is 0.875. The minimum Gasteiger partial charge on any atom is -0.492 e. The van der Waals surface area contributed by atoms with Gasteiger partial charge in [-0.05, 0) is 41.8 Å². The van der Waals surface area contributed by atoms with Crippen LogP contribution in [-0.4, -0.2) is 19.1 Å². The third-order valence-corrected chi connectivity index (χ3v) is 3.33. The number of anilines is 1. The summed E-state index contributed by atoms with van der Waals surface area (Å²) in [6, 6.07) is 11.1. The van der Waals surface area contributed by atoms with Crippen LogP contribution in [0.1, 0.15) is 4.88 Å². The van der Waals surface area contributed by atoms with Crippen molar-refractivity contribution in [2.24, 2.45) is 0 Å². The van der Waals surface area contributed by atoms with Crippen LogP contribution in [0.2, 0.25) is 0 Å². The molecule has 0 radical (unpaired) electrons. The molecule has 1 heterocycles. The standard InChI is InChI=1S/C15H16N2O2S/c16-12-3-5-13(6-4-12)19-10-9-17-15(18)8-7-14-2-1-11-20-14/h1-8,11H,9-10,16H2,(H,17,18). The Kier molecular flexibility index (Phi) is 5.20. The van der Waals surface area contributed by atoms with Crippen molar-refractivity contribution in [2.45, 2.75) is 0 Å². The molecule has 1 amide bonds. The molecule has 0 spiro atoms. The predicted molar refractivity (Wildman–Crippen MR) is 82.7 cm³/mol. The van der Waals surface area contributed by atoms with E-state index in [9.17, 15) is 4.79 Å². The van der Waals surface area contributed by atoms with E-state index in [4.69, 9.17) is 10.5 Å². The second-order valence-corrected chi connectivity index (χ2v) is 5.04. The molecule has 1 aromatic heterocycles. The maximum atomic E-state index is 11.5. The Hall–Kier alpha value is -2.27. The first-order chi connectivity index (χ1) is 9.74. The molecular formula is C15H16N2O2S. The highest BCUT2D eigenvalue weighted by molar-refractivity contribution is 7.10. The van der Waals surface area contributed by atoms with Gasteiger partial charge in [-0.2, -0.15) is 0 Å². The maximum absolute atomic E-state index is 11.5. The number of carbonyl (C=O) groups is 1. The van der Waals surface area contributed by atoms with Gasteiger partial charge in [0.2, 0.25) is 5.91 Å². The average molecular weight is 288 g/mol. The lowest BCUT2D eigenvalue weighted by atomic mass is 10.3. The Balaban J connectivity index is 1.65. The van der Waals surface area contributed by atoms with Crippen molar-refractivity contribution in [3.8, 4) is 5.75 Å². The number of rotatable bonds is 6. The Morgan fingerprint density at radius 3 is 2.80 bits per heavy atom. The number of nitrogens with one attached hydrogen (secondary N) is 1. The molecule has 3 N–H and O–H groups in total. The quantitative estimate of drug-likeness (QED) is 0.488. The zero-order valence-corrected chi connectivity index (χ0v) is 11.7. The van der Waals surface area contributed by atoms with Crippen LogP contribution in [0.5, 0.6) is 5.75 Å². The van der Waals surface area contributed by atoms with E-state index >= 15 is 0 Å². The highest BCUT2D eigenvalue weighted by Gasteiger charge is 1.97. The molecule has 0 fully saturated rings. The first-order valence-electron chi connectivity index (χ1n) is 6.22. The summed E-state index contributed by atoms with van der Waals surface area (Å²) in [5.41, 5.74) is 6.27. The molecule has 0 unspecified atom stereocenters. The number of nitrogens with two attached hydrogens (primary N) is 1. The van der Waals surface area contributed by atoms with E-state index in [0.29, 0.717) is 18.8 Å². The van der Waals surface area contributed by atoms with Crippen LogP contribution in [0.4, 0.5) is 5.69 Å². The van der Waals surface area contributed by atoms with Gasteiger partial charge in [-0.3, -0.25) is 4.79 Å². The highest BCUT2D eigenvalue weighted by Crippen LogP contribution is 2.12. The number of carbonyl (C=O) groups excluding carboxylic acids is 1. The fourth-order valence-corrected chi connectivity index (χ4v) is 2.13. The third kappa shape index (κ3) is 4.78. The molecule has 0 saturated heterocycles. The molecule has 2 aromatic rings. The largest absolute Gasteiger partial charge is 0.492 e. The Morgan fingerprint density at radius 2 is 2.10 bits per heavy atom. The van der Waals surface area contributed by atoms with Crippen LogP contribution >= 0.6 is 11.3 Å². The Labute approximate surface area is 121 Å². The molecule has 5 heteroatoms. The van der Waals surface area contributed by atoms with Crippen LogP contribution in [0.15, 0.2) is 47.9 Å². The minimum atomic E-state index is -0.126. The summed E-state index contributed by atoms with van der Waals surface area (Å²) in [5, 5.41) is 4.73. The van der Waals surface area contributed by atoms with Gasteiger partial charge in [-0.1, -0.05) is 6.07 Å². The van der Waals surface area contributed by atoms with Crippen molar-refractivity contribution >= 4 is 29.0 Å². The average Bonchev–Trinajstić information content (AvgIpc) is 2.96. The Bertz CT molecular complexity index is 562. The zero-order valence-electron chi connectivity index (χ0n) is 10.9. The van der Waals surface area contributed by atoms with Crippen LogP contribution in [0.3, 0.4) is 0 Å². The number of ether oxygens (including phenoxy) is 1. The smallest absolute Gasteiger partial charge is 0.244 e. The van der Waals surface area contributed by atoms with Gasteiger partial charge in [0.25, 0.3) is 0 Å². The topological polar surface area (TPSA) is 64.3 Å². The molecule has 104 valence electrons. The molecule has 0 aliphatic heterocycles. The summed E-state index contributed by atoms with van der Waals surface area (Å²) < 4.78 is 5.47. The molecule has 1 aromatic carbocycles. The number of hydrogen-bond acceptors (Lipinski definition) is 4. The summed E-state index contributed by atoms with van der Waals surface area (Å²) in [5.74, 6) is 0.613. The van der Waals surface area contributed by atoms with Gasteiger partial charge in [-0.15, -0.1) is 11.3 Å². The summed E-state index contributed by atoms with van der Waals surface area (Å²) in [6.07, 6.45) is 3.32. The minimum absolute atomic E-state index is 0.126. The van der Waals surface area contributed by atoms with Crippen molar-refractivity contribution < 1.29 is 9.53 Å². The van der Waals surface area contributed by atoms with Crippen molar-refractivity contribution in [3.63, 3.8) is 0 Å². The molecule has 20 heavy (non-hydrogen) atoms. The van der Waals surface area contributed by atoms with Crippen LogP contribution in [0.25, 0.3) is 6.08 Å². The number of nitrogen functional groups attached to an aromatic ring is 1. The van der Waals surface area contributed by atoms with Crippen LogP contribution in [0, 0.1) is 0 Å². The van der Waals surface area contributed by atoms with E-state index in [-0.39, 0.29) is 5.91 Å². The van der Waals surface area contributed by atoms with Gasteiger partial charge in [0.1, 0.15) is 12.4 Å². The first kappa shape index (κ1) is 14.1. The van der Waals surface area contributed by atoms with E-state index in [1.807, 2.05) is 17.5 Å². The Morgan fingerprint density at radius 1 is 1.30 bits per heavy atom. The van der Waals surface area contributed by atoms with Crippen molar-refractivity contribution in [1.82, 2.24) is 5.32 Å². The second-order valence-electron chi connectivity index (χ2n) is 4.06. The molecule has 0 atom stereocenters. The van der Waals surface area contributed by atoms with E-state index in [1.165, 1.54) is 6.08 Å². The van der Waals surface area contributed by atoms with Gasteiger partial charge >= 0.3 is 0 Å². The fourth-order valence-electron chi connectivity index (χ4n) is 1.51. The van der Waals surface area contributed by atoms with E-state index < -0.39 is 0 Å².